The summed E-state index contributed by atoms with van der Waals surface area (Å²) < 4.78 is 3.25. The normalized spacial score (nSPS) is 10.2. The summed E-state index contributed by atoms with van der Waals surface area (Å²) >= 11 is 0.149. The third kappa shape index (κ3) is 38.6. The maximum atomic E-state index is 10.2. The van der Waals surface area contributed by atoms with Gasteiger partial charge in [0.05, 0.1) is 0 Å². The second-order valence-corrected chi connectivity index (χ2v) is 12.4. The van der Waals surface area contributed by atoms with Gasteiger partial charge in [0, 0.05) is 5.97 Å². The Bertz CT molecular complexity index is 326. The van der Waals surface area contributed by atoms with Gasteiger partial charge in [-0.25, -0.2) is 0 Å². The number of allylic oxidation sites excluding steroid dienone is 2. The molecule has 0 heterocycles. The molecule has 0 aromatic carbocycles. The largest absolute Gasteiger partial charge is 0.870 e. The van der Waals surface area contributed by atoms with Crippen LogP contribution in [0.5, 0.6) is 0 Å². The molecule has 0 atom stereocenters. The second kappa shape index (κ2) is 33.6. The minimum atomic E-state index is -0.914. The number of carboxylic acids is 1. The van der Waals surface area contributed by atoms with E-state index < -0.39 is 5.97 Å². The van der Waals surface area contributed by atoms with Gasteiger partial charge in [-0.2, -0.15) is 0 Å². The van der Waals surface area contributed by atoms with Crippen molar-refractivity contribution >= 4 is 27.1 Å². The third-order valence-electron chi connectivity index (χ3n) is 5.06. The number of hydrogen-bond donors (Lipinski definition) is 0. The summed E-state index contributed by atoms with van der Waals surface area (Å²) in [5.41, 5.74) is 0. The van der Waals surface area contributed by atoms with E-state index in [0.29, 0.717) is 0 Å². The van der Waals surface area contributed by atoms with Crippen LogP contribution in [0.15, 0.2) is 12.2 Å². The van der Waals surface area contributed by atoms with Crippen LogP contribution in [0, 0.1) is 0 Å². The predicted octanol–water partition coefficient (Wildman–Crippen LogP) is 7.72. The van der Waals surface area contributed by atoms with Crippen molar-refractivity contribution in [2.24, 2.45) is 0 Å². The predicted molar refractivity (Wildman–Crippen MR) is 132 cm³/mol. The van der Waals surface area contributed by atoms with Gasteiger partial charge in [0.25, 0.3) is 0 Å². The number of aliphatic carboxylic acids is 1. The molecule has 0 bridgehead atoms. The number of rotatable bonds is 21. The van der Waals surface area contributed by atoms with E-state index in [1.54, 1.807) is 8.87 Å². The summed E-state index contributed by atoms with van der Waals surface area (Å²) in [7, 11) is 0. The Labute approximate surface area is 199 Å². The van der Waals surface area contributed by atoms with Crippen molar-refractivity contribution in [1.82, 2.24) is 0 Å². The minimum absolute atomic E-state index is 0. The van der Waals surface area contributed by atoms with Crippen molar-refractivity contribution in [2.45, 2.75) is 145 Å². The van der Waals surface area contributed by atoms with E-state index >= 15 is 0 Å². The number of carboxylic acid groups (broad SMARTS) is 1. The number of unbranched alkanes of at least 4 members (excludes halogenated alkanes) is 13. The van der Waals surface area contributed by atoms with Crippen LogP contribution in [0.3, 0.4) is 0 Å². The molecule has 0 aliphatic rings. The van der Waals surface area contributed by atoms with Gasteiger partial charge in [0.15, 0.2) is 0 Å². The molecule has 1 N–H and O–H groups in total. The number of hydrogen-bond acceptors (Lipinski definition) is 3. The van der Waals surface area contributed by atoms with Gasteiger partial charge in [-0.3, -0.25) is 0 Å². The average molecular weight is 531 g/mol. The number of carbonyl (C=O) groups is 1. The van der Waals surface area contributed by atoms with Crippen LogP contribution < -0.4 is 5.11 Å². The van der Waals surface area contributed by atoms with Crippen LogP contribution in [0.4, 0.5) is 0 Å². The van der Waals surface area contributed by atoms with E-state index in [-0.39, 0.29) is 33.0 Å². The Hall–Kier alpha value is -0.0313. The summed E-state index contributed by atoms with van der Waals surface area (Å²) in [4.78, 5) is 10.2. The van der Waals surface area contributed by atoms with E-state index in [1.807, 2.05) is 0 Å². The van der Waals surface area contributed by atoms with Crippen molar-refractivity contribution in [3.63, 3.8) is 0 Å². The summed E-state index contributed by atoms with van der Waals surface area (Å²) in [6, 6.07) is 0. The van der Waals surface area contributed by atoms with Crippen molar-refractivity contribution in [3.05, 3.63) is 12.2 Å². The Morgan fingerprint density at radius 2 is 1.03 bits per heavy atom. The first-order chi connectivity index (χ1) is 14.2. The molecule has 0 spiro atoms. The van der Waals surface area contributed by atoms with Gasteiger partial charge < -0.3 is 15.4 Å². The monoisotopic (exact) mass is 532 g/mol. The van der Waals surface area contributed by atoms with Crippen LogP contribution in [-0.2, 0) is 4.79 Å². The molecule has 0 aliphatic carbocycles. The van der Waals surface area contributed by atoms with Crippen LogP contribution in [-0.4, -0.2) is 32.6 Å². The summed E-state index contributed by atoms with van der Waals surface area (Å²) in [6.07, 6.45) is 26.7. The first-order valence-electron chi connectivity index (χ1n) is 12.7. The molecule has 0 rings (SSSR count). The Morgan fingerprint density at radius 1 is 0.633 bits per heavy atom. The molecule has 4 heteroatoms. The summed E-state index contributed by atoms with van der Waals surface area (Å²) in [6.45, 7) is 6.84. The smallest absolute Gasteiger partial charge is 0.870 e. The summed E-state index contributed by atoms with van der Waals surface area (Å²) in [5, 5.41) is 10.2. The molecule has 0 saturated carbocycles. The van der Waals surface area contributed by atoms with Gasteiger partial charge in [0.2, 0.25) is 0 Å². The third-order valence-corrected chi connectivity index (χ3v) is 9.09. The molecule has 0 amide bonds. The van der Waals surface area contributed by atoms with Crippen LogP contribution >= 0.6 is 0 Å². The first-order valence-corrected chi connectivity index (χ1v) is 16.8. The van der Waals surface area contributed by atoms with E-state index in [2.05, 4.69) is 32.9 Å². The fraction of sp³-hybridized carbons (Fsp3) is 0.885. The van der Waals surface area contributed by atoms with Crippen molar-refractivity contribution < 1.29 is 15.4 Å². The molecule has 178 valence electrons. The molecular weight excluding hydrogens is 479 g/mol. The van der Waals surface area contributed by atoms with Crippen LogP contribution in [0.25, 0.3) is 0 Å². The quantitative estimate of drug-likeness (QED) is 0.0865. The fourth-order valence-electron chi connectivity index (χ4n) is 3.07. The van der Waals surface area contributed by atoms with Gasteiger partial charge in [-0.05, 0) is 38.5 Å². The van der Waals surface area contributed by atoms with Crippen LogP contribution in [0.1, 0.15) is 136 Å². The second-order valence-electron chi connectivity index (χ2n) is 8.16. The van der Waals surface area contributed by atoms with Crippen molar-refractivity contribution in [3.8, 4) is 0 Å². The molecular formula is C26H52O3Sn. The van der Waals surface area contributed by atoms with Gasteiger partial charge in [-0.1, -0.05) is 70.4 Å². The maximum absolute atomic E-state index is 10.2. The first kappa shape index (κ1) is 34.6. The standard InChI is InChI=1S/C18H34O2.2C4H9.H2O.Sn/c1-2-3-4-5-6-7-8-9-10-11-12-13-14-15-16-17-18(19)20;2*1-3-4-2;;/h9-10H,2-8,11-17H2,1H3,(H,19,20);2*1,3-4H2,2H3;1H2;/q;;;;+2/p-2/b10-9-;;;;. The summed E-state index contributed by atoms with van der Waals surface area (Å²) in [5.74, 6) is -0.914. The van der Waals surface area contributed by atoms with Crippen molar-refractivity contribution in [1.29, 1.82) is 0 Å². The van der Waals surface area contributed by atoms with Gasteiger partial charge in [-0.15, -0.1) is 0 Å². The Balaban J connectivity index is -0.000000616. The minimum Gasteiger partial charge on any atom is -0.870 e. The molecule has 30 heavy (non-hydrogen) atoms. The van der Waals surface area contributed by atoms with E-state index in [0.717, 1.165) is 19.3 Å². The molecule has 3 nitrogen and oxygen atoms in total. The van der Waals surface area contributed by atoms with E-state index in [9.17, 15) is 9.90 Å². The molecule has 0 aromatic rings. The maximum Gasteiger partial charge on any atom is -0.870 e. The van der Waals surface area contributed by atoms with E-state index in [4.69, 9.17) is 0 Å². The molecule has 0 fully saturated rings. The SMILES string of the molecule is CCCCCCCC/C=C\CCCCCCCC(=O)[O-].CCC[CH2][Sn+2][CH2]CCC.[OH-]. The fourth-order valence-corrected chi connectivity index (χ4v) is 7.23. The van der Waals surface area contributed by atoms with Crippen LogP contribution in [0.2, 0.25) is 8.87 Å². The van der Waals surface area contributed by atoms with Gasteiger partial charge >= 0.3 is 69.5 Å². The molecule has 0 aromatic heterocycles. The van der Waals surface area contributed by atoms with Crippen molar-refractivity contribution in [2.75, 3.05) is 0 Å². The zero-order chi connectivity index (χ0) is 21.8. The number of carbonyl (C=O) groups excluding carboxylic acids is 1. The topological polar surface area (TPSA) is 70.1 Å². The molecule has 0 aliphatic heterocycles. The zero-order valence-electron chi connectivity index (χ0n) is 20.6. The Kier molecular flexibility index (Phi) is 38.7. The van der Waals surface area contributed by atoms with Gasteiger partial charge in [0.1, 0.15) is 0 Å². The molecule has 0 radical (unpaired) electrons. The molecule has 0 unspecified atom stereocenters. The molecule has 0 saturated heterocycles. The zero-order valence-corrected chi connectivity index (χ0v) is 23.4. The Morgan fingerprint density at radius 3 is 1.47 bits per heavy atom. The average Bonchev–Trinajstić information content (AvgIpc) is 2.71. The van der Waals surface area contributed by atoms with E-state index in [1.165, 1.54) is 89.9 Å².